The molecule has 0 fully saturated rings. The fourth-order valence-electron chi connectivity index (χ4n) is 2.55. The average molecular weight is 311 g/mol. The minimum absolute atomic E-state index is 0.248. The zero-order chi connectivity index (χ0) is 15.7. The zero-order valence-electron chi connectivity index (χ0n) is 13.6. The number of benzene rings is 1. The summed E-state index contributed by atoms with van der Waals surface area (Å²) in [7, 11) is -3.13. The van der Waals surface area contributed by atoms with Gasteiger partial charge in [0.2, 0.25) is 0 Å². The van der Waals surface area contributed by atoms with E-state index in [9.17, 15) is 8.42 Å². The Morgan fingerprint density at radius 2 is 1.81 bits per heavy atom. The topological polar surface area (TPSA) is 46.2 Å². The molecule has 4 heteroatoms. The normalized spacial score (nSPS) is 13.3. The summed E-state index contributed by atoms with van der Waals surface area (Å²) in [6.07, 6.45) is 8.60. The smallest absolute Gasteiger partial charge is 0.175 e. The third kappa shape index (κ3) is 6.62. The van der Waals surface area contributed by atoms with Gasteiger partial charge in [-0.25, -0.2) is 8.42 Å². The van der Waals surface area contributed by atoms with Crippen molar-refractivity contribution in [2.24, 2.45) is 0 Å². The maximum absolute atomic E-state index is 11.7. The average Bonchev–Trinajstić information content (AvgIpc) is 2.45. The third-order valence-electron chi connectivity index (χ3n) is 3.74. The van der Waals surface area contributed by atoms with E-state index in [1.54, 1.807) is 6.07 Å². The van der Waals surface area contributed by atoms with Crippen molar-refractivity contribution in [1.29, 1.82) is 0 Å². The van der Waals surface area contributed by atoms with E-state index >= 15 is 0 Å². The number of unbranched alkanes of at least 4 members (excludes halogenated alkanes) is 4. The summed E-state index contributed by atoms with van der Waals surface area (Å²) in [6, 6.07) is 7.59. The zero-order valence-corrected chi connectivity index (χ0v) is 14.4. The van der Waals surface area contributed by atoms with E-state index in [4.69, 9.17) is 0 Å². The van der Waals surface area contributed by atoms with Crippen molar-refractivity contribution >= 4 is 9.84 Å². The highest BCUT2D eigenvalue weighted by atomic mass is 32.2. The second-order valence-electron chi connectivity index (χ2n) is 5.66. The second kappa shape index (κ2) is 9.21. The first-order valence-electron chi connectivity index (χ1n) is 8.02. The molecule has 0 aliphatic carbocycles. The highest BCUT2D eigenvalue weighted by Crippen LogP contribution is 2.23. The Morgan fingerprint density at radius 1 is 1.10 bits per heavy atom. The largest absolute Gasteiger partial charge is 0.310 e. The minimum Gasteiger partial charge on any atom is -0.310 e. The quantitative estimate of drug-likeness (QED) is 0.662. The molecule has 0 saturated heterocycles. The monoisotopic (exact) mass is 311 g/mol. The lowest BCUT2D eigenvalue weighted by Crippen LogP contribution is -2.21. The van der Waals surface area contributed by atoms with Crippen molar-refractivity contribution in [3.63, 3.8) is 0 Å². The molecule has 21 heavy (non-hydrogen) atoms. The van der Waals surface area contributed by atoms with Crippen LogP contribution in [0.5, 0.6) is 0 Å². The van der Waals surface area contributed by atoms with Gasteiger partial charge in [-0.05, 0) is 30.7 Å². The molecule has 0 amide bonds. The first-order chi connectivity index (χ1) is 9.99. The van der Waals surface area contributed by atoms with Gasteiger partial charge in [-0.2, -0.15) is 0 Å². The van der Waals surface area contributed by atoms with Crippen LogP contribution in [0.4, 0.5) is 0 Å². The molecule has 0 radical (unpaired) electrons. The summed E-state index contributed by atoms with van der Waals surface area (Å²) in [5, 5.41) is 3.47. The lowest BCUT2D eigenvalue weighted by atomic mass is 10.00. The van der Waals surface area contributed by atoms with Crippen molar-refractivity contribution in [3.8, 4) is 0 Å². The van der Waals surface area contributed by atoms with Crippen LogP contribution in [0.3, 0.4) is 0 Å². The van der Waals surface area contributed by atoms with Crippen LogP contribution in [-0.4, -0.2) is 21.2 Å². The maximum atomic E-state index is 11.7. The van der Waals surface area contributed by atoms with Gasteiger partial charge >= 0.3 is 0 Å². The Bertz CT molecular complexity index is 511. The van der Waals surface area contributed by atoms with Gasteiger partial charge in [0, 0.05) is 12.3 Å². The Morgan fingerprint density at radius 3 is 2.43 bits per heavy atom. The molecule has 1 aromatic rings. The Hall–Kier alpha value is -0.870. The number of sulfone groups is 1. The number of hydrogen-bond acceptors (Lipinski definition) is 3. The molecular weight excluding hydrogens is 282 g/mol. The molecule has 1 unspecified atom stereocenters. The number of nitrogens with one attached hydrogen (secondary N) is 1. The number of rotatable bonds is 10. The van der Waals surface area contributed by atoms with Gasteiger partial charge < -0.3 is 5.32 Å². The van der Waals surface area contributed by atoms with Crippen LogP contribution in [0.2, 0.25) is 0 Å². The number of hydrogen-bond donors (Lipinski definition) is 1. The van der Waals surface area contributed by atoms with E-state index in [0.29, 0.717) is 4.90 Å². The molecule has 1 aromatic carbocycles. The molecule has 0 spiro atoms. The first kappa shape index (κ1) is 18.2. The summed E-state index contributed by atoms with van der Waals surface area (Å²) >= 11 is 0. The van der Waals surface area contributed by atoms with Crippen LogP contribution < -0.4 is 5.32 Å². The van der Waals surface area contributed by atoms with E-state index < -0.39 is 9.84 Å². The summed E-state index contributed by atoms with van der Waals surface area (Å²) < 4.78 is 23.4. The molecule has 120 valence electrons. The Balaban J connectivity index is 2.71. The van der Waals surface area contributed by atoms with Gasteiger partial charge in [0.15, 0.2) is 9.84 Å². The SMILES string of the molecule is CCCCCCCC(NCC)c1cccc(S(C)(=O)=O)c1. The lowest BCUT2D eigenvalue weighted by molar-refractivity contribution is 0.478. The molecule has 3 nitrogen and oxygen atoms in total. The van der Waals surface area contributed by atoms with Crippen molar-refractivity contribution in [1.82, 2.24) is 5.32 Å². The van der Waals surface area contributed by atoms with E-state index in [2.05, 4.69) is 19.2 Å². The van der Waals surface area contributed by atoms with Crippen LogP contribution in [0.1, 0.15) is 64.0 Å². The molecule has 0 heterocycles. The summed E-state index contributed by atoms with van der Waals surface area (Å²) in [5.74, 6) is 0. The highest BCUT2D eigenvalue weighted by Gasteiger charge is 2.13. The molecule has 0 saturated carbocycles. The van der Waals surface area contributed by atoms with Crippen LogP contribution in [0.25, 0.3) is 0 Å². The predicted molar refractivity (Wildman–Crippen MR) is 89.3 cm³/mol. The van der Waals surface area contributed by atoms with Crippen LogP contribution >= 0.6 is 0 Å². The molecule has 1 rings (SSSR count). The Labute approximate surface area is 130 Å². The molecule has 0 aromatic heterocycles. The summed E-state index contributed by atoms with van der Waals surface area (Å²) in [6.45, 7) is 5.20. The second-order valence-corrected chi connectivity index (χ2v) is 7.67. The molecule has 1 atom stereocenters. The van der Waals surface area contributed by atoms with E-state index in [1.165, 1.54) is 38.4 Å². The van der Waals surface area contributed by atoms with Crippen molar-refractivity contribution in [2.75, 3.05) is 12.8 Å². The van der Waals surface area contributed by atoms with Gasteiger partial charge in [-0.3, -0.25) is 0 Å². The summed E-state index contributed by atoms with van der Waals surface area (Å²) in [4.78, 5) is 0.411. The molecule has 0 bridgehead atoms. The van der Waals surface area contributed by atoms with Gasteiger partial charge in [-0.1, -0.05) is 58.1 Å². The highest BCUT2D eigenvalue weighted by molar-refractivity contribution is 7.90. The molecule has 0 aliphatic heterocycles. The fourth-order valence-corrected chi connectivity index (χ4v) is 3.22. The lowest BCUT2D eigenvalue weighted by Gasteiger charge is -2.19. The van der Waals surface area contributed by atoms with Crippen LogP contribution in [0.15, 0.2) is 29.2 Å². The standard InChI is InChI=1S/C17H29NO2S/c1-4-6-7-8-9-13-17(18-5-2)15-11-10-12-16(14-15)21(3,19)20/h10-12,14,17-18H,4-9,13H2,1-3H3. The van der Waals surface area contributed by atoms with Crippen molar-refractivity contribution in [3.05, 3.63) is 29.8 Å². The van der Waals surface area contributed by atoms with Gasteiger partial charge in [0.25, 0.3) is 0 Å². The van der Waals surface area contributed by atoms with Crippen molar-refractivity contribution < 1.29 is 8.42 Å². The molecule has 1 N–H and O–H groups in total. The summed E-state index contributed by atoms with van der Waals surface area (Å²) in [5.41, 5.74) is 1.08. The predicted octanol–water partition coefficient (Wildman–Crippen LogP) is 4.10. The first-order valence-corrected chi connectivity index (χ1v) is 9.91. The molecular formula is C17H29NO2S. The minimum atomic E-state index is -3.13. The van der Waals surface area contributed by atoms with Gasteiger partial charge in [-0.15, -0.1) is 0 Å². The fraction of sp³-hybridized carbons (Fsp3) is 0.647. The van der Waals surface area contributed by atoms with Crippen LogP contribution in [0, 0.1) is 0 Å². The van der Waals surface area contributed by atoms with Crippen LogP contribution in [-0.2, 0) is 9.84 Å². The van der Waals surface area contributed by atoms with E-state index in [-0.39, 0.29) is 6.04 Å². The third-order valence-corrected chi connectivity index (χ3v) is 4.85. The van der Waals surface area contributed by atoms with Gasteiger partial charge in [0.1, 0.15) is 0 Å². The molecule has 0 aliphatic rings. The Kier molecular flexibility index (Phi) is 7.97. The van der Waals surface area contributed by atoms with E-state index in [0.717, 1.165) is 18.5 Å². The van der Waals surface area contributed by atoms with Gasteiger partial charge in [0.05, 0.1) is 4.90 Å². The van der Waals surface area contributed by atoms with E-state index in [1.807, 2.05) is 18.2 Å². The van der Waals surface area contributed by atoms with Crippen molar-refractivity contribution in [2.45, 2.75) is 63.3 Å². The maximum Gasteiger partial charge on any atom is 0.175 e.